The zero-order chi connectivity index (χ0) is 11.4. The highest BCUT2D eigenvalue weighted by Crippen LogP contribution is 2.18. The Morgan fingerprint density at radius 1 is 1.44 bits per heavy atom. The Morgan fingerprint density at radius 2 is 2.25 bits per heavy atom. The maximum absolute atomic E-state index is 11.4. The van der Waals surface area contributed by atoms with E-state index in [0.717, 1.165) is 13.0 Å². The first-order valence-electron chi connectivity index (χ1n) is 5.55. The fourth-order valence-corrected chi connectivity index (χ4v) is 1.43. The summed E-state index contributed by atoms with van der Waals surface area (Å²) in [5.74, 6) is -0.246. The van der Waals surface area contributed by atoms with Crippen LogP contribution in [0.15, 0.2) is 11.0 Å². The molecule has 1 heterocycles. The minimum Gasteiger partial charge on any atom is -0.351 e. The molecule has 0 bridgehead atoms. The van der Waals surface area contributed by atoms with Crippen LogP contribution in [0.25, 0.3) is 0 Å². The predicted octanol–water partition coefficient (Wildman–Crippen LogP) is -0.425. The first-order chi connectivity index (χ1) is 7.75. The first-order valence-corrected chi connectivity index (χ1v) is 5.55. The quantitative estimate of drug-likeness (QED) is 0.494. The third kappa shape index (κ3) is 3.23. The van der Waals surface area contributed by atoms with Crippen molar-refractivity contribution in [2.75, 3.05) is 13.1 Å². The maximum atomic E-state index is 11.4. The Balaban J connectivity index is 1.61. The molecule has 0 saturated heterocycles. The van der Waals surface area contributed by atoms with Crippen molar-refractivity contribution in [1.82, 2.24) is 20.6 Å². The van der Waals surface area contributed by atoms with E-state index in [0.29, 0.717) is 12.6 Å². The largest absolute Gasteiger partial charge is 0.351 e. The number of carbonyl (C=O) groups excluding carboxylic acids is 1. The minimum absolute atomic E-state index is 0.246. The Morgan fingerprint density at radius 3 is 2.88 bits per heavy atom. The maximum Gasteiger partial charge on any atom is 0.323 e. The van der Waals surface area contributed by atoms with Crippen LogP contribution in [-0.2, 0) is 0 Å². The van der Waals surface area contributed by atoms with E-state index in [1.165, 1.54) is 19.0 Å². The third-order valence-electron chi connectivity index (χ3n) is 2.49. The number of imidazole rings is 1. The molecule has 1 fully saturated rings. The van der Waals surface area contributed by atoms with E-state index < -0.39 is 0 Å². The van der Waals surface area contributed by atoms with Crippen LogP contribution in [-0.4, -0.2) is 35.0 Å². The summed E-state index contributed by atoms with van der Waals surface area (Å²) in [5, 5.41) is 6.10. The molecule has 1 aromatic rings. The van der Waals surface area contributed by atoms with Crippen LogP contribution in [0.1, 0.15) is 29.8 Å². The Bertz CT molecular complexity index is 405. The van der Waals surface area contributed by atoms with E-state index in [-0.39, 0.29) is 17.3 Å². The van der Waals surface area contributed by atoms with Crippen molar-refractivity contribution in [3.63, 3.8) is 0 Å². The summed E-state index contributed by atoms with van der Waals surface area (Å²) in [4.78, 5) is 27.0. The van der Waals surface area contributed by atoms with Crippen molar-refractivity contribution in [2.45, 2.75) is 25.3 Å². The first kappa shape index (κ1) is 10.9. The number of hydrogen-bond donors (Lipinski definition) is 4. The van der Waals surface area contributed by atoms with Gasteiger partial charge in [0, 0.05) is 18.8 Å². The lowest BCUT2D eigenvalue weighted by Gasteiger charge is -2.04. The normalized spacial score (nSPS) is 15.0. The molecule has 0 atom stereocenters. The van der Waals surface area contributed by atoms with E-state index in [1.807, 2.05) is 0 Å². The molecular formula is C10H16N4O2. The zero-order valence-corrected chi connectivity index (χ0v) is 9.01. The van der Waals surface area contributed by atoms with Gasteiger partial charge in [-0.15, -0.1) is 0 Å². The molecule has 1 aliphatic carbocycles. The van der Waals surface area contributed by atoms with Gasteiger partial charge in [-0.1, -0.05) is 0 Å². The van der Waals surface area contributed by atoms with Gasteiger partial charge in [-0.05, 0) is 25.8 Å². The molecule has 1 aliphatic rings. The molecule has 0 aromatic carbocycles. The topological polar surface area (TPSA) is 89.8 Å². The van der Waals surface area contributed by atoms with E-state index in [2.05, 4.69) is 20.6 Å². The molecule has 4 N–H and O–H groups in total. The van der Waals surface area contributed by atoms with Gasteiger partial charge in [-0.3, -0.25) is 4.79 Å². The van der Waals surface area contributed by atoms with Crippen LogP contribution >= 0.6 is 0 Å². The highest BCUT2D eigenvalue weighted by atomic mass is 16.2. The predicted molar refractivity (Wildman–Crippen MR) is 59.4 cm³/mol. The standard InChI is InChI=1S/C10H16N4O2/c15-9(8-6-13-10(16)14-8)12-5-1-4-11-7-2-3-7/h6-7,11H,1-5H2,(H,12,15)(H2,13,14,16). The van der Waals surface area contributed by atoms with E-state index in [4.69, 9.17) is 0 Å². The fourth-order valence-electron chi connectivity index (χ4n) is 1.43. The van der Waals surface area contributed by atoms with Gasteiger partial charge < -0.3 is 20.6 Å². The molecule has 1 saturated carbocycles. The number of carbonyl (C=O) groups is 1. The van der Waals surface area contributed by atoms with Gasteiger partial charge in [0.25, 0.3) is 5.91 Å². The van der Waals surface area contributed by atoms with Crippen molar-refractivity contribution in [3.8, 4) is 0 Å². The van der Waals surface area contributed by atoms with E-state index >= 15 is 0 Å². The van der Waals surface area contributed by atoms with Crippen molar-refractivity contribution >= 4 is 5.91 Å². The Kier molecular flexibility index (Phi) is 3.40. The van der Waals surface area contributed by atoms with Gasteiger partial charge in [0.1, 0.15) is 5.69 Å². The number of amides is 1. The van der Waals surface area contributed by atoms with Gasteiger partial charge in [0.2, 0.25) is 0 Å². The molecule has 0 spiro atoms. The number of aromatic amines is 2. The summed E-state index contributed by atoms with van der Waals surface area (Å²) >= 11 is 0. The molecule has 0 aliphatic heterocycles. The molecule has 88 valence electrons. The fraction of sp³-hybridized carbons (Fsp3) is 0.600. The van der Waals surface area contributed by atoms with Crippen molar-refractivity contribution in [3.05, 3.63) is 22.4 Å². The summed E-state index contributed by atoms with van der Waals surface area (Å²) in [5.41, 5.74) is -0.0827. The average Bonchev–Trinajstić information content (AvgIpc) is 2.99. The number of aromatic nitrogens is 2. The van der Waals surface area contributed by atoms with Gasteiger partial charge in [-0.25, -0.2) is 4.79 Å². The lowest BCUT2D eigenvalue weighted by molar-refractivity contribution is 0.0948. The van der Waals surface area contributed by atoms with Crippen molar-refractivity contribution < 1.29 is 4.79 Å². The second kappa shape index (κ2) is 4.98. The Hall–Kier alpha value is -1.56. The van der Waals surface area contributed by atoms with Crippen LogP contribution in [0.5, 0.6) is 0 Å². The van der Waals surface area contributed by atoms with E-state index in [1.54, 1.807) is 0 Å². The van der Waals surface area contributed by atoms with Gasteiger partial charge >= 0.3 is 5.69 Å². The van der Waals surface area contributed by atoms with Crippen LogP contribution in [0.4, 0.5) is 0 Å². The van der Waals surface area contributed by atoms with Crippen LogP contribution in [0, 0.1) is 0 Å². The summed E-state index contributed by atoms with van der Waals surface area (Å²) in [6.45, 7) is 1.54. The molecule has 1 aromatic heterocycles. The smallest absolute Gasteiger partial charge is 0.323 e. The lowest BCUT2D eigenvalue weighted by atomic mass is 10.4. The summed E-state index contributed by atoms with van der Waals surface area (Å²) < 4.78 is 0. The molecule has 1 amide bonds. The third-order valence-corrected chi connectivity index (χ3v) is 2.49. The average molecular weight is 224 g/mol. The minimum atomic E-state index is -0.361. The van der Waals surface area contributed by atoms with E-state index in [9.17, 15) is 9.59 Å². The van der Waals surface area contributed by atoms with Crippen LogP contribution in [0.3, 0.4) is 0 Å². The van der Waals surface area contributed by atoms with Crippen molar-refractivity contribution in [1.29, 1.82) is 0 Å². The summed E-state index contributed by atoms with van der Waals surface area (Å²) in [7, 11) is 0. The second-order valence-electron chi connectivity index (χ2n) is 3.99. The molecule has 0 unspecified atom stereocenters. The zero-order valence-electron chi connectivity index (χ0n) is 9.01. The van der Waals surface area contributed by atoms with Crippen LogP contribution in [0.2, 0.25) is 0 Å². The van der Waals surface area contributed by atoms with Gasteiger partial charge in [0.05, 0.1) is 0 Å². The number of H-pyrrole nitrogens is 2. The number of nitrogens with one attached hydrogen (secondary N) is 4. The Labute approximate surface area is 92.8 Å². The lowest BCUT2D eigenvalue weighted by Crippen LogP contribution is -2.28. The molecule has 2 rings (SSSR count). The van der Waals surface area contributed by atoms with Crippen LogP contribution < -0.4 is 16.3 Å². The monoisotopic (exact) mass is 224 g/mol. The summed E-state index contributed by atoms with van der Waals surface area (Å²) in [6.07, 6.45) is 4.82. The second-order valence-corrected chi connectivity index (χ2v) is 3.99. The van der Waals surface area contributed by atoms with Crippen molar-refractivity contribution in [2.24, 2.45) is 0 Å². The number of rotatable bonds is 6. The molecule has 0 radical (unpaired) electrons. The SMILES string of the molecule is O=C(NCCCNC1CC1)c1c[nH]c(=O)[nH]1. The molecule has 16 heavy (non-hydrogen) atoms. The number of hydrogen-bond acceptors (Lipinski definition) is 3. The molecule has 6 heteroatoms. The summed E-state index contributed by atoms with van der Waals surface area (Å²) in [6, 6.07) is 0.705. The molecular weight excluding hydrogens is 208 g/mol. The van der Waals surface area contributed by atoms with Gasteiger partial charge in [0.15, 0.2) is 0 Å². The molecule has 6 nitrogen and oxygen atoms in total. The van der Waals surface area contributed by atoms with Gasteiger partial charge in [-0.2, -0.15) is 0 Å². The highest BCUT2D eigenvalue weighted by molar-refractivity contribution is 5.91. The highest BCUT2D eigenvalue weighted by Gasteiger charge is 2.19.